The van der Waals surface area contributed by atoms with Gasteiger partial charge in [0.15, 0.2) is 5.96 Å². The molecule has 0 fully saturated rings. The SMILES string of the molecule is CN=C(NCCc1ccc(OC(F)(F)F)cc1)NCC(CO)c1ccccc1. The van der Waals surface area contributed by atoms with Crippen molar-refractivity contribution in [2.75, 3.05) is 26.7 Å². The van der Waals surface area contributed by atoms with Crippen molar-refractivity contribution < 1.29 is 23.0 Å². The number of nitrogens with zero attached hydrogens (tertiary/aromatic N) is 1. The van der Waals surface area contributed by atoms with Crippen molar-refractivity contribution >= 4 is 5.96 Å². The molecule has 0 radical (unpaired) electrons. The summed E-state index contributed by atoms with van der Waals surface area (Å²) in [6.45, 7) is 1.08. The van der Waals surface area contributed by atoms with Crippen LogP contribution in [0.25, 0.3) is 0 Å². The molecular weight excluding hydrogens is 371 g/mol. The van der Waals surface area contributed by atoms with E-state index in [0.29, 0.717) is 25.5 Å². The third-order valence-electron chi connectivity index (χ3n) is 4.09. The van der Waals surface area contributed by atoms with Gasteiger partial charge < -0.3 is 20.5 Å². The Kier molecular flexibility index (Phi) is 8.13. The Hall–Kier alpha value is -2.74. The maximum atomic E-state index is 12.2. The van der Waals surface area contributed by atoms with Gasteiger partial charge in [-0.2, -0.15) is 0 Å². The molecule has 1 atom stereocenters. The first-order chi connectivity index (χ1) is 13.4. The fourth-order valence-corrected chi connectivity index (χ4v) is 2.64. The Labute approximate surface area is 162 Å². The minimum absolute atomic E-state index is 0.0142. The molecule has 1 unspecified atom stereocenters. The zero-order valence-electron chi connectivity index (χ0n) is 15.5. The van der Waals surface area contributed by atoms with Gasteiger partial charge in [-0.1, -0.05) is 42.5 Å². The van der Waals surface area contributed by atoms with Crippen LogP contribution in [0.15, 0.2) is 59.6 Å². The summed E-state index contributed by atoms with van der Waals surface area (Å²) >= 11 is 0. The number of aliphatic hydroxyl groups excluding tert-OH is 1. The summed E-state index contributed by atoms with van der Waals surface area (Å²) in [6.07, 6.45) is -4.08. The quantitative estimate of drug-likeness (QED) is 0.475. The number of aliphatic hydroxyl groups is 1. The molecule has 0 amide bonds. The van der Waals surface area contributed by atoms with E-state index in [1.165, 1.54) is 12.1 Å². The Morgan fingerprint density at radius 3 is 2.32 bits per heavy atom. The maximum absolute atomic E-state index is 12.2. The lowest BCUT2D eigenvalue weighted by molar-refractivity contribution is -0.274. The van der Waals surface area contributed by atoms with E-state index in [1.54, 1.807) is 19.2 Å². The lowest BCUT2D eigenvalue weighted by Gasteiger charge is -2.18. The van der Waals surface area contributed by atoms with E-state index < -0.39 is 6.36 Å². The van der Waals surface area contributed by atoms with Gasteiger partial charge in [-0.25, -0.2) is 0 Å². The van der Waals surface area contributed by atoms with E-state index in [1.807, 2.05) is 30.3 Å². The van der Waals surface area contributed by atoms with Gasteiger partial charge in [0.2, 0.25) is 0 Å². The van der Waals surface area contributed by atoms with Crippen LogP contribution in [0.2, 0.25) is 0 Å². The largest absolute Gasteiger partial charge is 0.573 e. The normalized spacial score (nSPS) is 13.1. The standard InChI is InChI=1S/C20H24F3N3O2/c1-24-19(26-13-17(14-27)16-5-3-2-4-6-16)25-12-11-15-7-9-18(10-8-15)28-20(21,22)23/h2-10,17,27H,11-14H2,1H3,(H2,24,25,26). The zero-order chi connectivity index (χ0) is 20.4. The van der Waals surface area contributed by atoms with Crippen molar-refractivity contribution in [1.82, 2.24) is 10.6 Å². The maximum Gasteiger partial charge on any atom is 0.573 e. The molecule has 8 heteroatoms. The number of ether oxygens (including phenoxy) is 1. The van der Waals surface area contributed by atoms with Crippen LogP contribution >= 0.6 is 0 Å². The molecule has 3 N–H and O–H groups in total. The van der Waals surface area contributed by atoms with Crippen molar-refractivity contribution in [2.24, 2.45) is 4.99 Å². The monoisotopic (exact) mass is 395 g/mol. The topological polar surface area (TPSA) is 65.9 Å². The van der Waals surface area contributed by atoms with E-state index in [9.17, 15) is 18.3 Å². The van der Waals surface area contributed by atoms with E-state index >= 15 is 0 Å². The average molecular weight is 395 g/mol. The van der Waals surface area contributed by atoms with Crippen LogP contribution in [-0.2, 0) is 6.42 Å². The molecule has 152 valence electrons. The summed E-state index contributed by atoms with van der Waals surface area (Å²) in [4.78, 5) is 4.14. The van der Waals surface area contributed by atoms with E-state index in [0.717, 1.165) is 11.1 Å². The highest BCUT2D eigenvalue weighted by atomic mass is 19.4. The molecular formula is C20H24F3N3O2. The lowest BCUT2D eigenvalue weighted by Crippen LogP contribution is -2.40. The van der Waals surface area contributed by atoms with Gasteiger partial charge in [-0.3, -0.25) is 4.99 Å². The van der Waals surface area contributed by atoms with Gasteiger partial charge in [0, 0.05) is 26.1 Å². The molecule has 0 saturated carbocycles. The molecule has 0 bridgehead atoms. The summed E-state index contributed by atoms with van der Waals surface area (Å²) in [6, 6.07) is 15.5. The number of aliphatic imine (C=N–C) groups is 1. The van der Waals surface area contributed by atoms with Gasteiger partial charge in [-0.15, -0.1) is 13.2 Å². The lowest BCUT2D eigenvalue weighted by atomic mass is 10.0. The predicted octanol–water partition coefficient (Wildman–Crippen LogP) is 3.07. The molecule has 0 aliphatic carbocycles. The third kappa shape index (κ3) is 7.48. The minimum Gasteiger partial charge on any atom is -0.406 e. The number of hydrogen-bond acceptors (Lipinski definition) is 3. The van der Waals surface area contributed by atoms with Crippen LogP contribution < -0.4 is 15.4 Å². The number of benzene rings is 2. The molecule has 2 aromatic carbocycles. The minimum atomic E-state index is -4.69. The Morgan fingerprint density at radius 2 is 1.75 bits per heavy atom. The van der Waals surface area contributed by atoms with Gasteiger partial charge >= 0.3 is 6.36 Å². The smallest absolute Gasteiger partial charge is 0.406 e. The van der Waals surface area contributed by atoms with Crippen molar-refractivity contribution in [1.29, 1.82) is 0 Å². The van der Waals surface area contributed by atoms with Crippen LogP contribution in [0.5, 0.6) is 5.75 Å². The van der Waals surface area contributed by atoms with Crippen molar-refractivity contribution in [3.63, 3.8) is 0 Å². The number of alkyl halides is 3. The molecule has 0 saturated heterocycles. The van der Waals surface area contributed by atoms with Gasteiger partial charge in [0.1, 0.15) is 5.75 Å². The van der Waals surface area contributed by atoms with Crippen molar-refractivity contribution in [2.45, 2.75) is 18.7 Å². The van der Waals surface area contributed by atoms with Crippen molar-refractivity contribution in [3.8, 4) is 5.75 Å². The summed E-state index contributed by atoms with van der Waals surface area (Å²) < 4.78 is 40.4. The highest BCUT2D eigenvalue weighted by Gasteiger charge is 2.30. The number of nitrogens with one attached hydrogen (secondary N) is 2. The van der Waals surface area contributed by atoms with Crippen LogP contribution in [-0.4, -0.2) is 44.2 Å². The fraction of sp³-hybridized carbons (Fsp3) is 0.350. The number of guanidine groups is 1. The Bertz CT molecular complexity index is 735. The molecule has 2 aromatic rings. The van der Waals surface area contributed by atoms with Gasteiger partial charge in [0.05, 0.1) is 6.61 Å². The van der Waals surface area contributed by atoms with Crippen molar-refractivity contribution in [3.05, 3.63) is 65.7 Å². The van der Waals surface area contributed by atoms with Crippen LogP contribution in [0.4, 0.5) is 13.2 Å². The van der Waals surface area contributed by atoms with E-state index in [4.69, 9.17) is 0 Å². The second-order valence-corrected chi connectivity index (χ2v) is 6.11. The molecule has 5 nitrogen and oxygen atoms in total. The highest BCUT2D eigenvalue weighted by Crippen LogP contribution is 2.22. The number of halogens is 3. The first-order valence-corrected chi connectivity index (χ1v) is 8.86. The zero-order valence-corrected chi connectivity index (χ0v) is 15.5. The number of rotatable bonds is 8. The summed E-state index contributed by atoms with van der Waals surface area (Å²) in [5.74, 6) is 0.296. The molecule has 2 rings (SSSR count). The van der Waals surface area contributed by atoms with Gasteiger partial charge in [-0.05, 0) is 29.7 Å². The fourth-order valence-electron chi connectivity index (χ4n) is 2.64. The molecule has 0 aliphatic rings. The number of hydrogen-bond donors (Lipinski definition) is 3. The van der Waals surface area contributed by atoms with Gasteiger partial charge in [0.25, 0.3) is 0 Å². The van der Waals surface area contributed by atoms with Crippen LogP contribution in [0, 0.1) is 0 Å². The summed E-state index contributed by atoms with van der Waals surface area (Å²) in [5.41, 5.74) is 1.91. The predicted molar refractivity (Wildman–Crippen MR) is 102 cm³/mol. The van der Waals surface area contributed by atoms with Crippen LogP contribution in [0.1, 0.15) is 17.0 Å². The second-order valence-electron chi connectivity index (χ2n) is 6.11. The first kappa shape index (κ1) is 21.6. The molecule has 0 spiro atoms. The molecule has 0 aliphatic heterocycles. The average Bonchev–Trinajstić information content (AvgIpc) is 2.68. The second kappa shape index (κ2) is 10.6. The van der Waals surface area contributed by atoms with E-state index in [2.05, 4.69) is 20.4 Å². The molecule has 0 heterocycles. The third-order valence-corrected chi connectivity index (χ3v) is 4.09. The first-order valence-electron chi connectivity index (χ1n) is 8.86. The molecule has 0 aromatic heterocycles. The van der Waals surface area contributed by atoms with E-state index in [-0.39, 0.29) is 18.3 Å². The van der Waals surface area contributed by atoms with Crippen LogP contribution in [0.3, 0.4) is 0 Å². The summed E-state index contributed by atoms with van der Waals surface area (Å²) in [7, 11) is 1.65. The molecule has 28 heavy (non-hydrogen) atoms. The Balaban J connectivity index is 1.78. The summed E-state index contributed by atoms with van der Waals surface area (Å²) in [5, 5.41) is 15.9. The highest BCUT2D eigenvalue weighted by molar-refractivity contribution is 5.79. The Morgan fingerprint density at radius 1 is 1.07 bits per heavy atom.